The number of aromatic nitrogens is 2. The van der Waals surface area contributed by atoms with Crippen LogP contribution in [0.3, 0.4) is 0 Å². The van der Waals surface area contributed by atoms with Gasteiger partial charge < -0.3 is 16.2 Å². The van der Waals surface area contributed by atoms with Gasteiger partial charge in [-0.3, -0.25) is 0 Å². The lowest BCUT2D eigenvalue weighted by Gasteiger charge is -2.09. The molecule has 1 unspecified atom stereocenters. The highest BCUT2D eigenvalue weighted by Crippen LogP contribution is 2.02. The molecule has 0 spiro atoms. The van der Waals surface area contributed by atoms with E-state index in [0.29, 0.717) is 18.8 Å². The Kier molecular flexibility index (Phi) is 3.45. The van der Waals surface area contributed by atoms with E-state index in [4.69, 9.17) is 5.73 Å². The number of anilines is 2. The smallest absolute Gasteiger partial charge is 0.221 e. The van der Waals surface area contributed by atoms with Crippen molar-refractivity contribution in [2.45, 2.75) is 19.4 Å². The van der Waals surface area contributed by atoms with E-state index in [0.717, 1.165) is 0 Å². The zero-order valence-electron chi connectivity index (χ0n) is 7.57. The second kappa shape index (κ2) is 4.61. The topological polar surface area (TPSA) is 84.1 Å². The largest absolute Gasteiger partial charge is 0.391 e. The Morgan fingerprint density at radius 3 is 3.08 bits per heavy atom. The number of hydrogen-bond acceptors (Lipinski definition) is 5. The molecule has 4 N–H and O–H groups in total. The number of rotatable bonds is 4. The van der Waals surface area contributed by atoms with Crippen LogP contribution in [0, 0.1) is 0 Å². The first-order valence-electron chi connectivity index (χ1n) is 4.23. The van der Waals surface area contributed by atoms with Crippen LogP contribution in [0.25, 0.3) is 0 Å². The van der Waals surface area contributed by atoms with Crippen LogP contribution in [-0.2, 0) is 0 Å². The van der Waals surface area contributed by atoms with Crippen molar-refractivity contribution in [2.24, 2.45) is 0 Å². The number of aliphatic hydroxyl groups excluding tert-OH is 1. The van der Waals surface area contributed by atoms with Crippen molar-refractivity contribution in [3.63, 3.8) is 0 Å². The van der Waals surface area contributed by atoms with Crippen LogP contribution in [0.4, 0.5) is 11.8 Å². The van der Waals surface area contributed by atoms with Crippen molar-refractivity contribution in [1.82, 2.24) is 9.97 Å². The van der Waals surface area contributed by atoms with Gasteiger partial charge in [-0.2, -0.15) is 4.98 Å². The first kappa shape index (κ1) is 9.73. The Labute approximate surface area is 77.0 Å². The second-order valence-corrected chi connectivity index (χ2v) is 2.74. The average molecular weight is 182 g/mol. The highest BCUT2D eigenvalue weighted by Gasteiger charge is 2.00. The molecule has 0 saturated carbocycles. The predicted molar refractivity (Wildman–Crippen MR) is 51.2 cm³/mol. The molecule has 0 aliphatic heterocycles. The van der Waals surface area contributed by atoms with E-state index < -0.39 is 0 Å². The maximum absolute atomic E-state index is 9.25. The normalized spacial score (nSPS) is 12.5. The van der Waals surface area contributed by atoms with Gasteiger partial charge >= 0.3 is 0 Å². The highest BCUT2D eigenvalue weighted by atomic mass is 16.3. The standard InChI is InChI=1S/C8H14N4O/c1-2-6(13)5-11-7-3-4-10-8(9)12-7/h3-4,6,13H,2,5H2,1H3,(H3,9,10,11,12). The Morgan fingerprint density at radius 2 is 2.46 bits per heavy atom. The number of nitrogen functional groups attached to an aromatic ring is 1. The van der Waals surface area contributed by atoms with Gasteiger partial charge in [0, 0.05) is 12.7 Å². The third-order valence-electron chi connectivity index (χ3n) is 1.66. The molecule has 0 aromatic carbocycles. The second-order valence-electron chi connectivity index (χ2n) is 2.74. The lowest BCUT2D eigenvalue weighted by Crippen LogP contribution is -2.18. The predicted octanol–water partition coefficient (Wildman–Crippen LogP) is 0.242. The molecule has 13 heavy (non-hydrogen) atoms. The van der Waals surface area contributed by atoms with Crippen LogP contribution in [-0.4, -0.2) is 27.7 Å². The van der Waals surface area contributed by atoms with Gasteiger partial charge in [0.05, 0.1) is 6.10 Å². The van der Waals surface area contributed by atoms with Crippen LogP contribution >= 0.6 is 0 Å². The zero-order valence-corrected chi connectivity index (χ0v) is 7.57. The summed E-state index contributed by atoms with van der Waals surface area (Å²) in [6, 6.07) is 1.71. The van der Waals surface area contributed by atoms with Gasteiger partial charge in [-0.05, 0) is 12.5 Å². The summed E-state index contributed by atoms with van der Waals surface area (Å²) >= 11 is 0. The van der Waals surface area contributed by atoms with E-state index in [1.165, 1.54) is 0 Å². The Hall–Kier alpha value is -1.36. The fourth-order valence-corrected chi connectivity index (χ4v) is 0.839. The minimum atomic E-state index is -0.351. The summed E-state index contributed by atoms with van der Waals surface area (Å²) < 4.78 is 0. The summed E-state index contributed by atoms with van der Waals surface area (Å²) in [5.74, 6) is 0.871. The van der Waals surface area contributed by atoms with E-state index in [9.17, 15) is 5.11 Å². The summed E-state index contributed by atoms with van der Waals surface area (Å²) in [7, 11) is 0. The first-order chi connectivity index (χ1) is 6.22. The molecule has 0 bridgehead atoms. The molecular formula is C8H14N4O. The molecule has 1 atom stereocenters. The lowest BCUT2D eigenvalue weighted by molar-refractivity contribution is 0.183. The number of hydrogen-bond donors (Lipinski definition) is 3. The van der Waals surface area contributed by atoms with Crippen molar-refractivity contribution in [3.8, 4) is 0 Å². The minimum absolute atomic E-state index is 0.232. The van der Waals surface area contributed by atoms with Crippen molar-refractivity contribution < 1.29 is 5.11 Å². The van der Waals surface area contributed by atoms with Crippen molar-refractivity contribution in [3.05, 3.63) is 12.3 Å². The third-order valence-corrected chi connectivity index (χ3v) is 1.66. The van der Waals surface area contributed by atoms with Gasteiger partial charge in [0.2, 0.25) is 5.95 Å². The van der Waals surface area contributed by atoms with Crippen molar-refractivity contribution in [1.29, 1.82) is 0 Å². The monoisotopic (exact) mass is 182 g/mol. The van der Waals surface area contributed by atoms with Gasteiger partial charge in [0.1, 0.15) is 5.82 Å². The molecule has 1 aromatic rings. The zero-order chi connectivity index (χ0) is 9.68. The molecule has 0 saturated heterocycles. The average Bonchev–Trinajstić information content (AvgIpc) is 2.14. The molecule has 1 heterocycles. The molecule has 5 heteroatoms. The Bertz CT molecular complexity index is 266. The molecule has 0 aliphatic carbocycles. The van der Waals surface area contributed by atoms with Crippen LogP contribution in [0.5, 0.6) is 0 Å². The van der Waals surface area contributed by atoms with E-state index >= 15 is 0 Å². The molecule has 5 nitrogen and oxygen atoms in total. The van der Waals surface area contributed by atoms with Crippen LogP contribution < -0.4 is 11.1 Å². The van der Waals surface area contributed by atoms with Crippen LogP contribution in [0.2, 0.25) is 0 Å². The summed E-state index contributed by atoms with van der Waals surface area (Å²) in [6.45, 7) is 2.40. The third kappa shape index (κ3) is 3.25. The maximum atomic E-state index is 9.25. The van der Waals surface area contributed by atoms with Gasteiger partial charge in [-0.15, -0.1) is 0 Å². The van der Waals surface area contributed by atoms with Gasteiger partial charge in [-0.1, -0.05) is 6.92 Å². The van der Waals surface area contributed by atoms with E-state index in [2.05, 4.69) is 15.3 Å². The van der Waals surface area contributed by atoms with Gasteiger partial charge in [0.15, 0.2) is 0 Å². The fraction of sp³-hybridized carbons (Fsp3) is 0.500. The van der Waals surface area contributed by atoms with Gasteiger partial charge in [0.25, 0.3) is 0 Å². The number of nitrogens with two attached hydrogens (primary N) is 1. The van der Waals surface area contributed by atoms with Gasteiger partial charge in [-0.25, -0.2) is 4.98 Å². The van der Waals surface area contributed by atoms with Crippen LogP contribution in [0.1, 0.15) is 13.3 Å². The van der Waals surface area contributed by atoms with Crippen molar-refractivity contribution in [2.75, 3.05) is 17.6 Å². The molecule has 72 valence electrons. The quantitative estimate of drug-likeness (QED) is 0.621. The lowest BCUT2D eigenvalue weighted by atomic mass is 10.3. The van der Waals surface area contributed by atoms with Crippen molar-refractivity contribution >= 4 is 11.8 Å². The fourth-order valence-electron chi connectivity index (χ4n) is 0.839. The SMILES string of the molecule is CCC(O)CNc1ccnc(N)n1. The molecule has 1 aromatic heterocycles. The molecular weight excluding hydrogens is 168 g/mol. The summed E-state index contributed by atoms with van der Waals surface area (Å²) in [4.78, 5) is 7.68. The van der Waals surface area contributed by atoms with E-state index in [1.54, 1.807) is 12.3 Å². The Morgan fingerprint density at radius 1 is 1.69 bits per heavy atom. The number of aliphatic hydroxyl groups is 1. The number of nitrogens with zero attached hydrogens (tertiary/aromatic N) is 2. The molecule has 0 radical (unpaired) electrons. The molecule has 0 aliphatic rings. The number of nitrogens with one attached hydrogen (secondary N) is 1. The molecule has 1 rings (SSSR count). The van der Waals surface area contributed by atoms with E-state index in [1.807, 2.05) is 6.92 Å². The summed E-state index contributed by atoms with van der Waals surface area (Å²) in [6.07, 6.45) is 1.94. The minimum Gasteiger partial charge on any atom is -0.391 e. The van der Waals surface area contributed by atoms with E-state index in [-0.39, 0.29) is 12.1 Å². The summed E-state index contributed by atoms with van der Waals surface area (Å²) in [5.41, 5.74) is 5.37. The summed E-state index contributed by atoms with van der Waals surface area (Å²) in [5, 5.41) is 12.2. The first-order valence-corrected chi connectivity index (χ1v) is 4.23. The highest BCUT2D eigenvalue weighted by molar-refractivity contribution is 5.37. The molecule has 0 amide bonds. The Balaban J connectivity index is 2.45. The molecule has 0 fully saturated rings. The maximum Gasteiger partial charge on any atom is 0.221 e. The van der Waals surface area contributed by atoms with Crippen LogP contribution in [0.15, 0.2) is 12.3 Å².